The van der Waals surface area contributed by atoms with Crippen LogP contribution in [0.15, 0.2) is 34.9 Å². The molecule has 1 aromatic heterocycles. The number of rotatable bonds is 10. The van der Waals surface area contributed by atoms with E-state index in [0.717, 1.165) is 48.3 Å². The quantitative estimate of drug-likeness (QED) is 0.281. The van der Waals surface area contributed by atoms with Crippen LogP contribution in [0.25, 0.3) is 0 Å². The van der Waals surface area contributed by atoms with E-state index in [2.05, 4.69) is 25.9 Å². The third kappa shape index (κ3) is 7.42. The van der Waals surface area contributed by atoms with Gasteiger partial charge in [-0.3, -0.25) is 9.59 Å². The van der Waals surface area contributed by atoms with Crippen molar-refractivity contribution in [3.63, 3.8) is 0 Å². The van der Waals surface area contributed by atoms with Crippen LogP contribution < -0.4 is 0 Å². The summed E-state index contributed by atoms with van der Waals surface area (Å²) in [5.41, 5.74) is 2.47. The number of aromatic nitrogens is 1. The predicted octanol–water partition coefficient (Wildman–Crippen LogP) is 6.96. The Balaban J connectivity index is 1.37. The Kier molecular flexibility index (Phi) is 8.55. The highest BCUT2D eigenvalue weighted by Gasteiger charge is 2.45. The fraction of sp³-hybridized carbons (Fsp3) is 0.647. The molecule has 2 heterocycles. The first-order valence-electron chi connectivity index (χ1n) is 15.5. The summed E-state index contributed by atoms with van der Waals surface area (Å²) in [4.78, 5) is 41.2. The van der Waals surface area contributed by atoms with Gasteiger partial charge in [0.1, 0.15) is 18.0 Å². The first-order chi connectivity index (χ1) is 19.8. The molecule has 1 aromatic carbocycles. The maximum absolute atomic E-state index is 14.1. The minimum atomic E-state index is -0.825. The SMILES string of the molecule is CC(C)(C)C[C@H]1C[C@@H](c2onc(C[C@H](CC(=O)OC(C)(C)C)C(=O)N3C(=O)OC[C@@H]3Cc3ccccc3)c2C2CC2)C1. The molecule has 3 aliphatic rings. The van der Waals surface area contributed by atoms with E-state index < -0.39 is 35.5 Å². The van der Waals surface area contributed by atoms with Gasteiger partial charge in [-0.2, -0.15) is 0 Å². The Morgan fingerprint density at radius 2 is 1.74 bits per heavy atom. The second kappa shape index (κ2) is 11.8. The molecule has 2 aliphatic carbocycles. The zero-order valence-electron chi connectivity index (χ0n) is 26.0. The van der Waals surface area contributed by atoms with Crippen molar-refractivity contribution in [1.82, 2.24) is 10.1 Å². The number of ether oxygens (including phenoxy) is 2. The smallest absolute Gasteiger partial charge is 0.416 e. The summed E-state index contributed by atoms with van der Waals surface area (Å²) >= 11 is 0. The number of hydrogen-bond acceptors (Lipinski definition) is 7. The third-order valence-electron chi connectivity index (χ3n) is 8.46. The third-order valence-corrected chi connectivity index (χ3v) is 8.46. The molecule has 1 aliphatic heterocycles. The van der Waals surface area contributed by atoms with E-state index in [0.29, 0.717) is 29.6 Å². The van der Waals surface area contributed by atoms with Crippen molar-refractivity contribution in [3.8, 4) is 0 Å². The summed E-state index contributed by atoms with van der Waals surface area (Å²) in [6.45, 7) is 12.4. The number of nitrogens with zero attached hydrogens (tertiary/aromatic N) is 2. The van der Waals surface area contributed by atoms with Crippen LogP contribution >= 0.6 is 0 Å². The number of cyclic esters (lactones) is 1. The van der Waals surface area contributed by atoms with Crippen LogP contribution in [0.5, 0.6) is 0 Å². The lowest BCUT2D eigenvalue weighted by atomic mass is 9.67. The Bertz CT molecular complexity index is 1280. The highest BCUT2D eigenvalue weighted by Crippen LogP contribution is 2.52. The molecule has 0 spiro atoms. The van der Waals surface area contributed by atoms with Crippen molar-refractivity contribution < 1.29 is 28.4 Å². The fourth-order valence-corrected chi connectivity index (χ4v) is 6.61. The molecule has 3 fully saturated rings. The van der Waals surface area contributed by atoms with Gasteiger partial charge in [0.25, 0.3) is 0 Å². The van der Waals surface area contributed by atoms with Gasteiger partial charge >= 0.3 is 12.1 Å². The monoisotopic (exact) mass is 578 g/mol. The summed E-state index contributed by atoms with van der Waals surface area (Å²) in [7, 11) is 0. The molecule has 228 valence electrons. The molecule has 0 bridgehead atoms. The number of hydrogen-bond donors (Lipinski definition) is 0. The molecule has 8 nitrogen and oxygen atoms in total. The molecular weight excluding hydrogens is 532 g/mol. The molecule has 2 amide bonds. The number of carbonyl (C=O) groups excluding carboxylic acids is 3. The molecular formula is C34H46N2O6. The topological polar surface area (TPSA) is 98.9 Å². The van der Waals surface area contributed by atoms with Crippen molar-refractivity contribution in [3.05, 3.63) is 52.9 Å². The van der Waals surface area contributed by atoms with Crippen LogP contribution in [-0.4, -0.2) is 46.3 Å². The summed E-state index contributed by atoms with van der Waals surface area (Å²) in [6.07, 6.45) is 5.39. The van der Waals surface area contributed by atoms with E-state index >= 15 is 0 Å². The summed E-state index contributed by atoms with van der Waals surface area (Å²) in [5, 5.41) is 4.50. The predicted molar refractivity (Wildman–Crippen MR) is 158 cm³/mol. The molecule has 8 heteroatoms. The van der Waals surface area contributed by atoms with Gasteiger partial charge in [-0.05, 0) is 82.1 Å². The highest BCUT2D eigenvalue weighted by atomic mass is 16.6. The Hall–Kier alpha value is -3.16. The van der Waals surface area contributed by atoms with Gasteiger partial charge in [-0.15, -0.1) is 0 Å². The average Bonchev–Trinajstić information content (AvgIpc) is 3.52. The molecule has 2 aromatic rings. The van der Waals surface area contributed by atoms with E-state index in [1.54, 1.807) is 20.8 Å². The maximum Gasteiger partial charge on any atom is 0.416 e. The molecule has 5 rings (SSSR count). The second-order valence-corrected chi connectivity index (χ2v) is 14.8. The van der Waals surface area contributed by atoms with Crippen molar-refractivity contribution in [2.24, 2.45) is 17.3 Å². The standard InChI is InChI=1S/C34H46N2O6/c1-33(2,3)19-22-14-24(15-22)30-29(23-12-13-23)27(35-42-30)17-25(18-28(37)41-34(4,5)6)31(38)36-26(20-40-32(36)39)16-21-10-8-7-9-11-21/h7-11,22-26H,12-20H2,1-6H3/t22-,24+,25-,26+/m1/s1. The normalized spacial score (nSPS) is 23.3. The lowest BCUT2D eigenvalue weighted by molar-refractivity contribution is -0.158. The van der Waals surface area contributed by atoms with Gasteiger partial charge in [0.2, 0.25) is 5.91 Å². The summed E-state index contributed by atoms with van der Waals surface area (Å²) in [5.74, 6) is 0.636. The number of amides is 2. The fourth-order valence-electron chi connectivity index (χ4n) is 6.61. The average molecular weight is 579 g/mol. The largest absolute Gasteiger partial charge is 0.460 e. The molecule has 0 N–H and O–H groups in total. The van der Waals surface area contributed by atoms with Gasteiger partial charge in [-0.1, -0.05) is 56.3 Å². The number of esters is 1. The van der Waals surface area contributed by atoms with Crippen LogP contribution in [0.2, 0.25) is 0 Å². The number of imide groups is 1. The number of benzene rings is 1. The first-order valence-corrected chi connectivity index (χ1v) is 15.5. The van der Waals surface area contributed by atoms with E-state index in [-0.39, 0.29) is 19.4 Å². The van der Waals surface area contributed by atoms with Gasteiger partial charge in [0, 0.05) is 17.9 Å². The van der Waals surface area contributed by atoms with E-state index in [1.165, 1.54) is 11.3 Å². The van der Waals surface area contributed by atoms with E-state index in [1.807, 2.05) is 30.3 Å². The van der Waals surface area contributed by atoms with Gasteiger partial charge in [0.15, 0.2) is 0 Å². The van der Waals surface area contributed by atoms with Crippen molar-refractivity contribution in [2.45, 2.75) is 116 Å². The van der Waals surface area contributed by atoms with E-state index in [9.17, 15) is 14.4 Å². The Morgan fingerprint density at radius 3 is 2.36 bits per heavy atom. The Morgan fingerprint density at radius 1 is 1.05 bits per heavy atom. The molecule has 1 saturated heterocycles. The zero-order valence-corrected chi connectivity index (χ0v) is 26.0. The van der Waals surface area contributed by atoms with Crippen molar-refractivity contribution in [1.29, 1.82) is 0 Å². The number of carbonyl (C=O) groups is 3. The van der Waals surface area contributed by atoms with Crippen LogP contribution in [0.1, 0.15) is 114 Å². The minimum absolute atomic E-state index is 0.122. The van der Waals surface area contributed by atoms with E-state index in [4.69, 9.17) is 14.0 Å². The van der Waals surface area contributed by atoms with Crippen LogP contribution in [0.3, 0.4) is 0 Å². The second-order valence-electron chi connectivity index (χ2n) is 14.8. The lowest BCUT2D eigenvalue weighted by Crippen LogP contribution is -2.45. The highest BCUT2D eigenvalue weighted by molar-refractivity contribution is 5.96. The Labute approximate surface area is 249 Å². The van der Waals surface area contributed by atoms with Crippen LogP contribution in [-0.2, 0) is 31.9 Å². The maximum atomic E-state index is 14.1. The lowest BCUT2D eigenvalue weighted by Gasteiger charge is -2.38. The summed E-state index contributed by atoms with van der Waals surface area (Å²) in [6, 6.07) is 9.28. The van der Waals surface area contributed by atoms with Crippen molar-refractivity contribution >= 4 is 18.0 Å². The molecule has 0 radical (unpaired) electrons. The van der Waals surface area contributed by atoms with Crippen LogP contribution in [0.4, 0.5) is 4.79 Å². The minimum Gasteiger partial charge on any atom is -0.460 e. The van der Waals surface area contributed by atoms with Crippen LogP contribution in [0, 0.1) is 17.3 Å². The molecule has 2 atom stereocenters. The van der Waals surface area contributed by atoms with Gasteiger partial charge < -0.3 is 14.0 Å². The molecule has 0 unspecified atom stereocenters. The molecule has 42 heavy (non-hydrogen) atoms. The van der Waals surface area contributed by atoms with Gasteiger partial charge in [0.05, 0.1) is 24.1 Å². The summed E-state index contributed by atoms with van der Waals surface area (Å²) < 4.78 is 17.0. The molecule has 2 saturated carbocycles. The van der Waals surface area contributed by atoms with Crippen molar-refractivity contribution in [2.75, 3.05) is 6.61 Å². The van der Waals surface area contributed by atoms with Gasteiger partial charge in [-0.25, -0.2) is 9.69 Å². The first kappa shape index (κ1) is 30.3. The zero-order chi connectivity index (χ0) is 30.2.